The van der Waals surface area contributed by atoms with Crippen LogP contribution in [0.5, 0.6) is 0 Å². The molecule has 1 aliphatic rings. The molecular formula is C30H32FN3O3S. The lowest BCUT2D eigenvalue weighted by molar-refractivity contribution is -0.126. The number of carbonyl (C=O) groups is 1. The summed E-state index contributed by atoms with van der Waals surface area (Å²) in [4.78, 5) is 13.0. The molecule has 0 radical (unpaired) electrons. The van der Waals surface area contributed by atoms with Gasteiger partial charge in [0.2, 0.25) is 15.9 Å². The SMILES string of the molecule is C[C@@H](NC(=O)C1CCC(NS(=O)(=O)c2ccc3c(c2)cc(-c2ccccc2)n3C)CC1)c1ccc(F)cc1. The fourth-order valence-electron chi connectivity index (χ4n) is 5.31. The van der Waals surface area contributed by atoms with E-state index < -0.39 is 10.0 Å². The monoisotopic (exact) mass is 533 g/mol. The Morgan fingerprint density at radius 2 is 1.63 bits per heavy atom. The summed E-state index contributed by atoms with van der Waals surface area (Å²) < 4.78 is 44.6. The number of hydrogen-bond acceptors (Lipinski definition) is 3. The van der Waals surface area contributed by atoms with E-state index in [1.165, 1.54) is 12.1 Å². The molecular weight excluding hydrogens is 501 g/mol. The molecule has 8 heteroatoms. The van der Waals surface area contributed by atoms with E-state index in [-0.39, 0.29) is 34.6 Å². The topological polar surface area (TPSA) is 80.2 Å². The van der Waals surface area contributed by atoms with Crippen molar-refractivity contribution in [3.05, 3.63) is 90.2 Å². The van der Waals surface area contributed by atoms with Crippen molar-refractivity contribution in [3.63, 3.8) is 0 Å². The van der Waals surface area contributed by atoms with Gasteiger partial charge in [-0.3, -0.25) is 4.79 Å². The van der Waals surface area contributed by atoms with Crippen molar-refractivity contribution in [3.8, 4) is 11.3 Å². The molecule has 198 valence electrons. The van der Waals surface area contributed by atoms with E-state index in [1.54, 1.807) is 24.3 Å². The van der Waals surface area contributed by atoms with Crippen LogP contribution in [0.15, 0.2) is 83.8 Å². The number of aryl methyl sites for hydroxylation is 1. The minimum absolute atomic E-state index is 0.0492. The van der Waals surface area contributed by atoms with Crippen LogP contribution in [0.4, 0.5) is 4.39 Å². The molecule has 1 aliphatic carbocycles. The van der Waals surface area contributed by atoms with Crippen LogP contribution < -0.4 is 10.0 Å². The first kappa shape index (κ1) is 26.1. The Bertz CT molecular complexity index is 1540. The summed E-state index contributed by atoms with van der Waals surface area (Å²) in [6.45, 7) is 1.87. The maximum absolute atomic E-state index is 13.2. The molecule has 0 saturated heterocycles. The highest BCUT2D eigenvalue weighted by molar-refractivity contribution is 7.89. The van der Waals surface area contributed by atoms with Crippen LogP contribution in [0.2, 0.25) is 0 Å². The van der Waals surface area contributed by atoms with Gasteiger partial charge in [0.1, 0.15) is 5.82 Å². The van der Waals surface area contributed by atoms with Gasteiger partial charge in [-0.1, -0.05) is 42.5 Å². The number of fused-ring (bicyclic) bond motifs is 1. The van der Waals surface area contributed by atoms with E-state index >= 15 is 0 Å². The average Bonchev–Trinajstić information content (AvgIpc) is 3.25. The molecule has 38 heavy (non-hydrogen) atoms. The molecule has 0 spiro atoms. The number of carbonyl (C=O) groups excluding carboxylic acids is 1. The standard InChI is InChI=1S/C30H32FN3O3S/c1-20(21-8-12-25(31)13-9-21)32-30(35)23-10-14-26(15-11-23)33-38(36,37)27-16-17-28-24(18-27)19-29(34(28)2)22-6-4-3-5-7-22/h3-9,12-13,16-20,23,26,33H,10-11,14-15H2,1-2H3,(H,32,35)/t20-,23?,26?/m1/s1. The second kappa shape index (κ2) is 10.7. The van der Waals surface area contributed by atoms with E-state index in [0.29, 0.717) is 25.7 Å². The number of rotatable bonds is 7. The molecule has 0 aliphatic heterocycles. The molecule has 0 unspecified atom stereocenters. The molecule has 6 nitrogen and oxygen atoms in total. The molecule has 1 heterocycles. The fourth-order valence-corrected chi connectivity index (χ4v) is 6.65. The van der Waals surface area contributed by atoms with Crippen LogP contribution in [-0.4, -0.2) is 24.9 Å². The Labute approximate surface area is 222 Å². The lowest BCUT2D eigenvalue weighted by Crippen LogP contribution is -2.41. The number of halogens is 1. The van der Waals surface area contributed by atoms with Crippen LogP contribution in [0.1, 0.15) is 44.2 Å². The zero-order valence-electron chi connectivity index (χ0n) is 21.5. The van der Waals surface area contributed by atoms with Crippen LogP contribution in [0, 0.1) is 11.7 Å². The van der Waals surface area contributed by atoms with Crippen LogP contribution in [-0.2, 0) is 21.9 Å². The molecule has 1 saturated carbocycles. The number of nitrogens with one attached hydrogen (secondary N) is 2. The van der Waals surface area contributed by atoms with Crippen molar-refractivity contribution < 1.29 is 17.6 Å². The van der Waals surface area contributed by atoms with E-state index in [1.807, 2.05) is 56.4 Å². The van der Waals surface area contributed by atoms with Crippen molar-refractivity contribution in [2.75, 3.05) is 0 Å². The Balaban J connectivity index is 1.21. The van der Waals surface area contributed by atoms with Gasteiger partial charge in [0, 0.05) is 35.6 Å². The van der Waals surface area contributed by atoms with Gasteiger partial charge in [-0.15, -0.1) is 0 Å². The lowest BCUT2D eigenvalue weighted by atomic mass is 9.85. The van der Waals surface area contributed by atoms with Crippen molar-refractivity contribution in [2.45, 2.75) is 49.6 Å². The van der Waals surface area contributed by atoms with Gasteiger partial charge >= 0.3 is 0 Å². The van der Waals surface area contributed by atoms with Crippen LogP contribution in [0.3, 0.4) is 0 Å². The summed E-state index contributed by atoms with van der Waals surface area (Å²) in [5, 5.41) is 3.87. The molecule has 3 aromatic carbocycles. The second-order valence-electron chi connectivity index (χ2n) is 10.1. The summed E-state index contributed by atoms with van der Waals surface area (Å²) >= 11 is 0. The number of hydrogen-bond donors (Lipinski definition) is 2. The zero-order valence-corrected chi connectivity index (χ0v) is 22.3. The molecule has 1 fully saturated rings. The minimum atomic E-state index is -3.71. The molecule has 4 aromatic rings. The Kier molecular flexibility index (Phi) is 7.36. The molecule has 1 amide bonds. The van der Waals surface area contributed by atoms with Gasteiger partial charge in [-0.05, 0) is 80.1 Å². The molecule has 2 N–H and O–H groups in total. The van der Waals surface area contributed by atoms with Gasteiger partial charge in [-0.25, -0.2) is 17.5 Å². The predicted octanol–water partition coefficient (Wildman–Crippen LogP) is 5.70. The number of aromatic nitrogens is 1. The van der Waals surface area contributed by atoms with Crippen molar-refractivity contribution >= 4 is 26.8 Å². The van der Waals surface area contributed by atoms with Gasteiger partial charge in [0.15, 0.2) is 0 Å². The number of amides is 1. The van der Waals surface area contributed by atoms with Crippen molar-refractivity contribution in [2.24, 2.45) is 13.0 Å². The fraction of sp³-hybridized carbons (Fsp3) is 0.300. The first-order valence-electron chi connectivity index (χ1n) is 12.9. The van der Waals surface area contributed by atoms with Gasteiger partial charge in [0.25, 0.3) is 0 Å². The van der Waals surface area contributed by atoms with Gasteiger partial charge in [0.05, 0.1) is 10.9 Å². The second-order valence-corrected chi connectivity index (χ2v) is 11.8. The molecule has 1 atom stereocenters. The maximum Gasteiger partial charge on any atom is 0.240 e. The van der Waals surface area contributed by atoms with Crippen LogP contribution >= 0.6 is 0 Å². The predicted molar refractivity (Wildman–Crippen MR) is 147 cm³/mol. The van der Waals surface area contributed by atoms with Gasteiger partial charge < -0.3 is 9.88 Å². The first-order valence-corrected chi connectivity index (χ1v) is 14.4. The minimum Gasteiger partial charge on any atom is -0.349 e. The Morgan fingerprint density at radius 3 is 2.32 bits per heavy atom. The molecule has 5 rings (SSSR count). The highest BCUT2D eigenvalue weighted by atomic mass is 32.2. The third kappa shape index (κ3) is 5.51. The number of nitrogens with zero attached hydrogens (tertiary/aromatic N) is 1. The lowest BCUT2D eigenvalue weighted by Gasteiger charge is -2.29. The van der Waals surface area contributed by atoms with Crippen molar-refractivity contribution in [1.82, 2.24) is 14.6 Å². The van der Waals surface area contributed by atoms with E-state index in [9.17, 15) is 17.6 Å². The normalized spacial score (nSPS) is 18.8. The number of benzene rings is 3. The largest absolute Gasteiger partial charge is 0.349 e. The van der Waals surface area contributed by atoms with E-state index in [0.717, 1.165) is 27.7 Å². The summed E-state index contributed by atoms with van der Waals surface area (Å²) in [7, 11) is -1.73. The summed E-state index contributed by atoms with van der Waals surface area (Å²) in [5.74, 6) is -0.531. The Morgan fingerprint density at radius 1 is 0.947 bits per heavy atom. The quantitative estimate of drug-likeness (QED) is 0.320. The van der Waals surface area contributed by atoms with E-state index in [2.05, 4.69) is 14.6 Å². The van der Waals surface area contributed by atoms with Crippen molar-refractivity contribution in [1.29, 1.82) is 0 Å². The first-order chi connectivity index (χ1) is 18.2. The molecule has 0 bridgehead atoms. The Hall–Kier alpha value is -3.49. The van der Waals surface area contributed by atoms with Gasteiger partial charge in [-0.2, -0.15) is 0 Å². The summed E-state index contributed by atoms with van der Waals surface area (Å²) in [5.41, 5.74) is 3.90. The highest BCUT2D eigenvalue weighted by Gasteiger charge is 2.30. The summed E-state index contributed by atoms with van der Waals surface area (Å²) in [6.07, 6.45) is 2.39. The zero-order chi connectivity index (χ0) is 26.9. The third-order valence-electron chi connectivity index (χ3n) is 7.54. The number of sulfonamides is 1. The average molecular weight is 534 g/mol. The molecule has 1 aromatic heterocycles. The maximum atomic E-state index is 13.2. The van der Waals surface area contributed by atoms with E-state index in [4.69, 9.17) is 0 Å². The third-order valence-corrected chi connectivity index (χ3v) is 9.06. The summed E-state index contributed by atoms with van der Waals surface area (Å²) in [6, 6.07) is 22.9. The highest BCUT2D eigenvalue weighted by Crippen LogP contribution is 2.30. The smallest absolute Gasteiger partial charge is 0.240 e. The van der Waals surface area contributed by atoms with Crippen LogP contribution in [0.25, 0.3) is 22.2 Å².